The van der Waals surface area contributed by atoms with Crippen LogP contribution in [0.2, 0.25) is 0 Å². The molecule has 2 aromatic rings. The number of fused-ring (bicyclic) bond motifs is 1. The lowest BCUT2D eigenvalue weighted by Gasteiger charge is -2.25. The number of amides is 1. The Kier molecular flexibility index (Phi) is 4.00. The van der Waals surface area contributed by atoms with E-state index < -0.39 is 5.60 Å². The first-order valence-corrected chi connectivity index (χ1v) is 8.37. The summed E-state index contributed by atoms with van der Waals surface area (Å²) in [6, 6.07) is 8.27. The zero-order valence-corrected chi connectivity index (χ0v) is 13.2. The van der Waals surface area contributed by atoms with Gasteiger partial charge < -0.3 is 10.0 Å². The van der Waals surface area contributed by atoms with Crippen molar-refractivity contribution in [1.29, 1.82) is 0 Å². The fourth-order valence-electron chi connectivity index (χ4n) is 3.13. The number of thiophene rings is 1. The van der Waals surface area contributed by atoms with E-state index in [4.69, 9.17) is 0 Å². The molecule has 3 nitrogen and oxygen atoms in total. The summed E-state index contributed by atoms with van der Waals surface area (Å²) >= 11 is 1.71. The molecule has 1 N–H and O–H groups in total. The molecule has 0 radical (unpaired) electrons. The van der Waals surface area contributed by atoms with Crippen LogP contribution < -0.4 is 0 Å². The van der Waals surface area contributed by atoms with Crippen molar-refractivity contribution < 1.29 is 9.90 Å². The van der Waals surface area contributed by atoms with Gasteiger partial charge in [-0.05, 0) is 35.2 Å². The minimum Gasteiger partial charge on any atom is -0.389 e. The average Bonchev–Trinajstić information content (AvgIpc) is 3.06. The molecule has 0 aliphatic heterocycles. The summed E-state index contributed by atoms with van der Waals surface area (Å²) in [5.74, 6) is 0.0367. The molecule has 1 heterocycles. The highest BCUT2D eigenvalue weighted by molar-refractivity contribution is 7.17. The fourth-order valence-corrected chi connectivity index (χ4v) is 4.08. The smallest absolute Gasteiger partial charge is 0.225 e. The number of hydrogen-bond acceptors (Lipinski definition) is 3. The second-order valence-corrected chi connectivity index (χ2v) is 7.03. The van der Waals surface area contributed by atoms with E-state index in [1.165, 1.54) is 15.6 Å². The maximum absolute atomic E-state index is 12.3. The topological polar surface area (TPSA) is 40.5 Å². The summed E-state index contributed by atoms with van der Waals surface area (Å²) in [5.41, 5.74) is 0.423. The van der Waals surface area contributed by atoms with Crippen LogP contribution in [0.1, 0.15) is 37.7 Å². The van der Waals surface area contributed by atoms with Gasteiger partial charge in [-0.3, -0.25) is 4.79 Å². The van der Waals surface area contributed by atoms with Crippen molar-refractivity contribution in [2.45, 2.75) is 44.2 Å². The summed E-state index contributed by atoms with van der Waals surface area (Å²) in [7, 11) is 1.83. The molecule has 0 saturated heterocycles. The molecule has 0 bridgehead atoms. The van der Waals surface area contributed by atoms with Gasteiger partial charge >= 0.3 is 0 Å². The molecule has 3 rings (SSSR count). The van der Waals surface area contributed by atoms with Gasteiger partial charge in [0.15, 0.2) is 0 Å². The Hall–Kier alpha value is -1.39. The highest BCUT2D eigenvalue weighted by atomic mass is 32.1. The Morgan fingerprint density at radius 2 is 2.05 bits per heavy atom. The number of carbonyl (C=O) groups is 1. The summed E-state index contributed by atoms with van der Waals surface area (Å²) < 4.78 is 1.25. The average molecular weight is 303 g/mol. The molecule has 112 valence electrons. The van der Waals surface area contributed by atoms with E-state index in [1.807, 2.05) is 19.2 Å². The van der Waals surface area contributed by atoms with E-state index in [-0.39, 0.29) is 12.3 Å². The third-order valence-corrected chi connectivity index (χ3v) is 5.42. The first-order chi connectivity index (χ1) is 10.1. The zero-order valence-electron chi connectivity index (χ0n) is 12.3. The van der Waals surface area contributed by atoms with Gasteiger partial charge in [0, 0.05) is 18.3 Å². The van der Waals surface area contributed by atoms with Crippen LogP contribution in [0.5, 0.6) is 0 Å². The van der Waals surface area contributed by atoms with Crippen LogP contribution in [0.25, 0.3) is 10.1 Å². The van der Waals surface area contributed by atoms with Crippen molar-refractivity contribution in [3.05, 3.63) is 35.2 Å². The van der Waals surface area contributed by atoms with Crippen LogP contribution in [0.4, 0.5) is 0 Å². The van der Waals surface area contributed by atoms with Crippen LogP contribution in [-0.4, -0.2) is 28.6 Å². The lowest BCUT2D eigenvalue weighted by Crippen LogP contribution is -2.35. The predicted octanol–water partition coefficient (Wildman–Crippen LogP) is 3.55. The largest absolute Gasteiger partial charge is 0.389 e. The second kappa shape index (κ2) is 5.78. The highest BCUT2D eigenvalue weighted by Crippen LogP contribution is 2.33. The van der Waals surface area contributed by atoms with E-state index >= 15 is 0 Å². The molecule has 0 spiro atoms. The SMILES string of the molecule is CN(Cc1csc2ccccc12)C(=O)CC1(O)CCCC1. The molecule has 0 unspecified atom stereocenters. The van der Waals surface area contributed by atoms with Crippen molar-refractivity contribution in [1.82, 2.24) is 4.90 Å². The second-order valence-electron chi connectivity index (χ2n) is 6.12. The third kappa shape index (κ3) is 3.11. The number of nitrogens with zero attached hydrogens (tertiary/aromatic N) is 1. The summed E-state index contributed by atoms with van der Waals surface area (Å²) in [6.07, 6.45) is 3.83. The van der Waals surface area contributed by atoms with Crippen LogP contribution >= 0.6 is 11.3 Å². The first-order valence-electron chi connectivity index (χ1n) is 7.49. The van der Waals surface area contributed by atoms with Gasteiger partial charge in [0.25, 0.3) is 0 Å². The summed E-state index contributed by atoms with van der Waals surface area (Å²) in [6.45, 7) is 0.610. The van der Waals surface area contributed by atoms with Gasteiger partial charge in [-0.25, -0.2) is 0 Å². The minimum atomic E-state index is -0.762. The van der Waals surface area contributed by atoms with E-state index in [2.05, 4.69) is 17.5 Å². The molecule has 1 amide bonds. The third-order valence-electron chi connectivity index (χ3n) is 4.41. The summed E-state index contributed by atoms with van der Waals surface area (Å²) in [4.78, 5) is 14.1. The number of aliphatic hydroxyl groups is 1. The van der Waals surface area contributed by atoms with Crippen molar-refractivity contribution in [2.24, 2.45) is 0 Å². The van der Waals surface area contributed by atoms with Gasteiger partial charge in [-0.15, -0.1) is 11.3 Å². The first kappa shape index (κ1) is 14.5. The molecule has 4 heteroatoms. The standard InChI is InChI=1S/C17H21NO2S/c1-18(16(19)10-17(20)8-4-5-9-17)11-13-12-21-15-7-3-2-6-14(13)15/h2-3,6-7,12,20H,4-5,8-11H2,1H3. The Balaban J connectivity index is 1.68. The molecule has 1 saturated carbocycles. The molecule has 1 aliphatic carbocycles. The Morgan fingerprint density at radius 1 is 1.33 bits per heavy atom. The van der Waals surface area contributed by atoms with E-state index in [0.717, 1.165) is 25.7 Å². The van der Waals surface area contributed by atoms with Crippen molar-refractivity contribution in [3.63, 3.8) is 0 Å². The van der Waals surface area contributed by atoms with E-state index in [9.17, 15) is 9.90 Å². The van der Waals surface area contributed by atoms with Crippen LogP contribution in [0, 0.1) is 0 Å². The molecular formula is C17H21NO2S. The Morgan fingerprint density at radius 3 is 2.81 bits per heavy atom. The quantitative estimate of drug-likeness (QED) is 0.938. The number of rotatable bonds is 4. The van der Waals surface area contributed by atoms with E-state index in [1.54, 1.807) is 16.2 Å². The van der Waals surface area contributed by atoms with Gasteiger partial charge in [-0.1, -0.05) is 31.0 Å². The Labute approximate surface area is 129 Å². The Bertz CT molecular complexity index is 643. The normalized spacial score (nSPS) is 17.2. The lowest BCUT2D eigenvalue weighted by molar-refractivity contribution is -0.135. The highest BCUT2D eigenvalue weighted by Gasteiger charge is 2.34. The van der Waals surface area contributed by atoms with Crippen molar-refractivity contribution >= 4 is 27.3 Å². The lowest BCUT2D eigenvalue weighted by atomic mass is 9.97. The molecular weight excluding hydrogens is 282 g/mol. The maximum Gasteiger partial charge on any atom is 0.225 e. The summed E-state index contributed by atoms with van der Waals surface area (Å²) in [5, 5.41) is 13.7. The molecule has 21 heavy (non-hydrogen) atoms. The minimum absolute atomic E-state index is 0.0367. The van der Waals surface area contributed by atoms with Gasteiger partial charge in [0.2, 0.25) is 5.91 Å². The van der Waals surface area contributed by atoms with Crippen LogP contribution in [0.3, 0.4) is 0 Å². The maximum atomic E-state index is 12.3. The zero-order chi connectivity index (χ0) is 14.9. The number of carbonyl (C=O) groups excluding carboxylic acids is 1. The molecule has 1 fully saturated rings. The predicted molar refractivity (Wildman–Crippen MR) is 86.3 cm³/mol. The van der Waals surface area contributed by atoms with Crippen molar-refractivity contribution in [2.75, 3.05) is 7.05 Å². The van der Waals surface area contributed by atoms with Gasteiger partial charge in [-0.2, -0.15) is 0 Å². The molecule has 1 aliphatic rings. The number of benzene rings is 1. The van der Waals surface area contributed by atoms with Crippen LogP contribution in [0.15, 0.2) is 29.6 Å². The van der Waals surface area contributed by atoms with Gasteiger partial charge in [0.05, 0.1) is 12.0 Å². The number of hydrogen-bond donors (Lipinski definition) is 1. The van der Waals surface area contributed by atoms with E-state index in [0.29, 0.717) is 6.54 Å². The molecule has 0 atom stereocenters. The molecule has 1 aromatic heterocycles. The van der Waals surface area contributed by atoms with Crippen LogP contribution in [-0.2, 0) is 11.3 Å². The van der Waals surface area contributed by atoms with Gasteiger partial charge in [0.1, 0.15) is 0 Å². The monoisotopic (exact) mass is 303 g/mol. The molecule has 1 aromatic carbocycles. The fraction of sp³-hybridized carbons (Fsp3) is 0.471. The van der Waals surface area contributed by atoms with Crippen molar-refractivity contribution in [3.8, 4) is 0 Å².